The molecule has 0 unspecified atom stereocenters. The summed E-state index contributed by atoms with van der Waals surface area (Å²) in [5.74, 6) is 0.173. The predicted molar refractivity (Wildman–Crippen MR) is 122 cm³/mol. The average Bonchev–Trinajstić information content (AvgIpc) is 3.22. The van der Waals surface area contributed by atoms with Crippen molar-refractivity contribution in [2.24, 2.45) is 0 Å². The molecule has 1 spiro atoms. The number of anilines is 2. The van der Waals surface area contributed by atoms with Crippen LogP contribution in [-0.2, 0) is 19.2 Å². The summed E-state index contributed by atoms with van der Waals surface area (Å²) in [4.78, 5) is 31.8. The Labute approximate surface area is 188 Å². The number of carbonyl (C=O) groups excluding carboxylic acids is 2. The minimum Gasteiger partial charge on any atom is -0.379 e. The van der Waals surface area contributed by atoms with Gasteiger partial charge in [0.25, 0.3) is 5.91 Å². The summed E-state index contributed by atoms with van der Waals surface area (Å²) in [5, 5.41) is 0. The topological polar surface area (TPSA) is 53.1 Å². The first-order chi connectivity index (χ1) is 14.5. The van der Waals surface area contributed by atoms with E-state index < -0.39 is 4.87 Å². The standard InChI is InChI=1S/C22H22BrN3O3S/c1-15-6-7-16(12-18(15)23)26-20(27)13-30-22(26)17-4-2-3-5-19(17)25(21(22)28)14-24-8-10-29-11-9-24/h2-7,12H,8-11,13-14H2,1H3/t22-/m1/s1. The third-order valence-corrected chi connectivity index (χ3v) is 8.16. The van der Waals surface area contributed by atoms with Gasteiger partial charge in [-0.25, -0.2) is 0 Å². The molecule has 30 heavy (non-hydrogen) atoms. The number of nitrogens with zero attached hydrogens (tertiary/aromatic N) is 3. The van der Waals surface area contributed by atoms with Gasteiger partial charge in [0.05, 0.1) is 31.3 Å². The lowest BCUT2D eigenvalue weighted by Crippen LogP contribution is -2.52. The molecular formula is C22H22BrN3O3S. The number of halogens is 1. The highest BCUT2D eigenvalue weighted by molar-refractivity contribution is 9.10. The fourth-order valence-corrected chi connectivity index (χ4v) is 6.09. The van der Waals surface area contributed by atoms with Crippen LogP contribution >= 0.6 is 27.7 Å². The first kappa shape index (κ1) is 20.1. The van der Waals surface area contributed by atoms with Gasteiger partial charge in [0.2, 0.25) is 10.8 Å². The molecule has 0 bridgehead atoms. The van der Waals surface area contributed by atoms with E-state index in [4.69, 9.17) is 4.74 Å². The maximum Gasteiger partial charge on any atom is 0.269 e. The Morgan fingerprint density at radius 2 is 1.90 bits per heavy atom. The Hall–Kier alpha value is -1.87. The number of carbonyl (C=O) groups is 2. The highest BCUT2D eigenvalue weighted by Gasteiger charge is 2.61. The van der Waals surface area contributed by atoms with E-state index in [2.05, 4.69) is 20.8 Å². The van der Waals surface area contributed by atoms with Crippen LogP contribution in [-0.4, -0.2) is 55.4 Å². The van der Waals surface area contributed by atoms with Crippen LogP contribution in [0.2, 0.25) is 0 Å². The summed E-state index contributed by atoms with van der Waals surface area (Å²) in [7, 11) is 0. The minimum absolute atomic E-state index is 0.0490. The highest BCUT2D eigenvalue weighted by atomic mass is 79.9. The van der Waals surface area contributed by atoms with E-state index in [1.165, 1.54) is 11.8 Å². The van der Waals surface area contributed by atoms with Gasteiger partial charge >= 0.3 is 0 Å². The highest BCUT2D eigenvalue weighted by Crippen LogP contribution is 2.55. The summed E-state index contributed by atoms with van der Waals surface area (Å²) >= 11 is 4.99. The molecule has 3 heterocycles. The Kier molecular flexibility index (Phi) is 5.13. The number of rotatable bonds is 3. The van der Waals surface area contributed by atoms with E-state index in [-0.39, 0.29) is 17.6 Å². The molecule has 5 rings (SSSR count). The van der Waals surface area contributed by atoms with E-state index in [1.54, 1.807) is 4.90 Å². The molecular weight excluding hydrogens is 466 g/mol. The van der Waals surface area contributed by atoms with Gasteiger partial charge in [0, 0.05) is 28.8 Å². The summed E-state index contributed by atoms with van der Waals surface area (Å²) in [5.41, 5.74) is 3.58. The maximum absolute atomic E-state index is 14.0. The summed E-state index contributed by atoms with van der Waals surface area (Å²) in [6.45, 7) is 5.43. The van der Waals surface area contributed by atoms with E-state index in [0.717, 1.165) is 40.1 Å². The van der Waals surface area contributed by atoms with Gasteiger partial charge in [-0.05, 0) is 30.7 Å². The Morgan fingerprint density at radius 3 is 2.67 bits per heavy atom. The normalized spacial score (nSPS) is 24.2. The number of fused-ring (bicyclic) bond motifs is 2. The lowest BCUT2D eigenvalue weighted by Gasteiger charge is -2.35. The number of ether oxygens (including phenoxy) is 1. The lowest BCUT2D eigenvalue weighted by atomic mass is 10.0. The number of aryl methyl sites for hydroxylation is 1. The molecule has 0 radical (unpaired) electrons. The smallest absolute Gasteiger partial charge is 0.269 e. The first-order valence-electron chi connectivity index (χ1n) is 9.97. The van der Waals surface area contributed by atoms with Crippen molar-refractivity contribution in [3.05, 3.63) is 58.1 Å². The molecule has 8 heteroatoms. The van der Waals surface area contributed by atoms with Crippen molar-refractivity contribution < 1.29 is 14.3 Å². The summed E-state index contributed by atoms with van der Waals surface area (Å²) in [6, 6.07) is 13.7. The second-order valence-corrected chi connectivity index (χ2v) is 9.74. The number of hydrogen-bond acceptors (Lipinski definition) is 5. The molecule has 2 fully saturated rings. The molecule has 2 amide bonds. The Bertz CT molecular complexity index is 1030. The molecule has 2 aromatic rings. The van der Waals surface area contributed by atoms with Gasteiger partial charge in [-0.1, -0.05) is 40.2 Å². The Morgan fingerprint density at radius 1 is 1.13 bits per heavy atom. The predicted octanol–water partition coefficient (Wildman–Crippen LogP) is 3.33. The van der Waals surface area contributed by atoms with E-state index in [1.807, 2.05) is 54.3 Å². The maximum atomic E-state index is 14.0. The zero-order chi connectivity index (χ0) is 20.9. The number of morpholine rings is 1. The molecule has 0 saturated carbocycles. The number of thioether (sulfide) groups is 1. The van der Waals surface area contributed by atoms with E-state index in [0.29, 0.717) is 19.9 Å². The third-order valence-electron chi connectivity index (χ3n) is 5.92. The second-order valence-electron chi connectivity index (χ2n) is 7.72. The van der Waals surface area contributed by atoms with Crippen molar-refractivity contribution in [3.8, 4) is 0 Å². The van der Waals surface area contributed by atoms with Crippen LogP contribution in [0, 0.1) is 6.92 Å². The first-order valence-corrected chi connectivity index (χ1v) is 11.7. The minimum atomic E-state index is -1.06. The number of benzene rings is 2. The summed E-state index contributed by atoms with van der Waals surface area (Å²) in [6.07, 6.45) is 0. The molecule has 3 aliphatic heterocycles. The average molecular weight is 488 g/mol. The molecule has 0 N–H and O–H groups in total. The van der Waals surface area contributed by atoms with Crippen LogP contribution < -0.4 is 9.80 Å². The van der Waals surface area contributed by atoms with Crippen LogP contribution in [0.4, 0.5) is 11.4 Å². The van der Waals surface area contributed by atoms with Crippen molar-refractivity contribution in [2.45, 2.75) is 11.8 Å². The van der Waals surface area contributed by atoms with Crippen molar-refractivity contribution in [3.63, 3.8) is 0 Å². The van der Waals surface area contributed by atoms with Crippen molar-refractivity contribution in [1.82, 2.24) is 4.90 Å². The second kappa shape index (κ2) is 7.67. The molecule has 3 aliphatic rings. The lowest BCUT2D eigenvalue weighted by molar-refractivity contribution is -0.124. The fourth-order valence-electron chi connectivity index (χ4n) is 4.36. The zero-order valence-electron chi connectivity index (χ0n) is 16.6. The van der Waals surface area contributed by atoms with Gasteiger partial charge in [-0.3, -0.25) is 24.3 Å². The SMILES string of the molecule is Cc1ccc(N2C(=O)CS[C@]23C(=O)N(CN2CCOCC2)c2ccccc23)cc1Br. The van der Waals surface area contributed by atoms with Crippen molar-refractivity contribution in [1.29, 1.82) is 0 Å². The van der Waals surface area contributed by atoms with Crippen molar-refractivity contribution >= 4 is 50.9 Å². The molecule has 0 aliphatic carbocycles. The Balaban J connectivity index is 1.60. The summed E-state index contributed by atoms with van der Waals surface area (Å²) < 4.78 is 6.38. The molecule has 1 atom stereocenters. The van der Waals surface area contributed by atoms with E-state index in [9.17, 15) is 9.59 Å². The van der Waals surface area contributed by atoms with Gasteiger partial charge in [0.15, 0.2) is 0 Å². The number of para-hydroxylation sites is 1. The zero-order valence-corrected chi connectivity index (χ0v) is 19.0. The van der Waals surface area contributed by atoms with Crippen LogP contribution in [0.25, 0.3) is 0 Å². The van der Waals surface area contributed by atoms with Crippen LogP contribution in [0.15, 0.2) is 46.9 Å². The van der Waals surface area contributed by atoms with Gasteiger partial charge in [-0.15, -0.1) is 11.8 Å². The molecule has 156 valence electrons. The fraction of sp³-hybridized carbons (Fsp3) is 0.364. The molecule has 6 nitrogen and oxygen atoms in total. The number of amides is 2. The van der Waals surface area contributed by atoms with Crippen LogP contribution in [0.3, 0.4) is 0 Å². The molecule has 2 saturated heterocycles. The monoisotopic (exact) mass is 487 g/mol. The molecule has 2 aromatic carbocycles. The van der Waals surface area contributed by atoms with Crippen molar-refractivity contribution in [2.75, 3.05) is 48.5 Å². The van der Waals surface area contributed by atoms with Crippen LogP contribution in [0.1, 0.15) is 11.1 Å². The van der Waals surface area contributed by atoms with Crippen LogP contribution in [0.5, 0.6) is 0 Å². The molecule has 0 aromatic heterocycles. The van der Waals surface area contributed by atoms with Gasteiger partial charge in [0.1, 0.15) is 0 Å². The third kappa shape index (κ3) is 3.00. The quantitative estimate of drug-likeness (QED) is 0.664. The van der Waals surface area contributed by atoms with Gasteiger partial charge < -0.3 is 4.74 Å². The van der Waals surface area contributed by atoms with Gasteiger partial charge in [-0.2, -0.15) is 0 Å². The van der Waals surface area contributed by atoms with E-state index >= 15 is 0 Å². The largest absolute Gasteiger partial charge is 0.379 e. The number of hydrogen-bond donors (Lipinski definition) is 0.